The van der Waals surface area contributed by atoms with E-state index in [0.29, 0.717) is 5.92 Å². The molecule has 1 atom stereocenters. The van der Waals surface area contributed by atoms with Gasteiger partial charge in [0, 0.05) is 0 Å². The van der Waals surface area contributed by atoms with Gasteiger partial charge in [0.15, 0.2) is 0 Å². The van der Waals surface area contributed by atoms with E-state index in [0.717, 1.165) is 18.3 Å². The first-order valence-corrected chi connectivity index (χ1v) is 5.21. The van der Waals surface area contributed by atoms with Gasteiger partial charge >= 0.3 is 0 Å². The molecule has 0 amide bonds. The van der Waals surface area contributed by atoms with E-state index >= 15 is 0 Å². The Kier molecular flexibility index (Phi) is 2.98. The van der Waals surface area contributed by atoms with Gasteiger partial charge in [-0.25, -0.2) is 0 Å². The maximum absolute atomic E-state index is 10.7. The second-order valence-corrected chi connectivity index (χ2v) is 4.88. The molecule has 0 fully saturated rings. The third kappa shape index (κ3) is 1.68. The Morgan fingerprint density at radius 1 is 1.50 bits per heavy atom. The lowest BCUT2D eigenvalue weighted by atomic mass is 9.73. The van der Waals surface area contributed by atoms with E-state index in [-0.39, 0.29) is 5.41 Å². The average Bonchev–Trinajstić information content (AvgIpc) is 2.40. The van der Waals surface area contributed by atoms with Gasteiger partial charge in [0.1, 0.15) is 6.29 Å². The SMILES string of the molecule is CC1=CCC(/C(C)=C(/C)C=O)C1(C)C. The summed E-state index contributed by atoms with van der Waals surface area (Å²) in [5.41, 5.74) is 3.80. The maximum atomic E-state index is 10.7. The largest absolute Gasteiger partial charge is 0.298 e. The van der Waals surface area contributed by atoms with Crippen LogP contribution in [0.4, 0.5) is 0 Å². The predicted octanol–water partition coefficient (Wildman–Crippen LogP) is 3.51. The fourth-order valence-corrected chi connectivity index (χ4v) is 2.21. The molecule has 0 saturated heterocycles. The maximum Gasteiger partial charge on any atom is 0.145 e. The Morgan fingerprint density at radius 2 is 2.07 bits per heavy atom. The Labute approximate surface area is 86.9 Å². The van der Waals surface area contributed by atoms with E-state index in [9.17, 15) is 4.79 Å². The van der Waals surface area contributed by atoms with E-state index in [2.05, 4.69) is 33.8 Å². The second kappa shape index (κ2) is 3.72. The number of carbonyl (C=O) groups excluding carboxylic acids is 1. The first-order chi connectivity index (χ1) is 6.41. The van der Waals surface area contributed by atoms with Crippen molar-refractivity contribution in [3.05, 3.63) is 22.8 Å². The van der Waals surface area contributed by atoms with E-state index < -0.39 is 0 Å². The van der Waals surface area contributed by atoms with Crippen LogP contribution in [0.2, 0.25) is 0 Å². The third-order valence-corrected chi connectivity index (χ3v) is 3.87. The molecule has 1 nitrogen and oxygen atoms in total. The highest BCUT2D eigenvalue weighted by Gasteiger charge is 2.36. The lowest BCUT2D eigenvalue weighted by Crippen LogP contribution is -2.22. The van der Waals surface area contributed by atoms with Crippen LogP contribution < -0.4 is 0 Å². The minimum Gasteiger partial charge on any atom is -0.298 e. The third-order valence-electron chi connectivity index (χ3n) is 3.87. The van der Waals surface area contributed by atoms with Gasteiger partial charge in [0.25, 0.3) is 0 Å². The van der Waals surface area contributed by atoms with Crippen LogP contribution in [-0.2, 0) is 4.79 Å². The zero-order valence-corrected chi connectivity index (χ0v) is 9.85. The quantitative estimate of drug-likeness (QED) is 0.372. The van der Waals surface area contributed by atoms with Crippen molar-refractivity contribution in [3.63, 3.8) is 0 Å². The Hall–Kier alpha value is -0.850. The number of hydrogen-bond acceptors (Lipinski definition) is 1. The van der Waals surface area contributed by atoms with Gasteiger partial charge in [0.2, 0.25) is 0 Å². The highest BCUT2D eigenvalue weighted by Crippen LogP contribution is 2.46. The smallest absolute Gasteiger partial charge is 0.145 e. The summed E-state index contributed by atoms with van der Waals surface area (Å²) in [6, 6.07) is 0. The zero-order chi connectivity index (χ0) is 10.9. The fraction of sp³-hybridized carbons (Fsp3) is 0.615. The summed E-state index contributed by atoms with van der Waals surface area (Å²) >= 11 is 0. The molecule has 0 aromatic rings. The lowest BCUT2D eigenvalue weighted by Gasteiger charge is -2.31. The van der Waals surface area contributed by atoms with Gasteiger partial charge in [-0.1, -0.05) is 31.1 Å². The molecule has 1 aliphatic rings. The minimum atomic E-state index is 0.217. The van der Waals surface area contributed by atoms with Crippen molar-refractivity contribution in [1.82, 2.24) is 0 Å². The summed E-state index contributed by atoms with van der Waals surface area (Å²) in [5, 5.41) is 0. The standard InChI is InChI=1S/C13H20O/c1-9(8-14)11(3)12-7-6-10(2)13(12,4)5/h6,8,12H,7H2,1-5H3/b11-9-. The normalized spacial score (nSPS) is 26.9. The minimum absolute atomic E-state index is 0.217. The molecular weight excluding hydrogens is 172 g/mol. The summed E-state index contributed by atoms with van der Waals surface area (Å²) in [7, 11) is 0. The van der Waals surface area contributed by atoms with E-state index in [1.54, 1.807) is 0 Å². The highest BCUT2D eigenvalue weighted by atomic mass is 16.1. The predicted molar refractivity (Wildman–Crippen MR) is 60.1 cm³/mol. The number of allylic oxidation sites excluding steroid dienone is 4. The van der Waals surface area contributed by atoms with Crippen LogP contribution >= 0.6 is 0 Å². The van der Waals surface area contributed by atoms with Gasteiger partial charge < -0.3 is 0 Å². The van der Waals surface area contributed by atoms with Crippen LogP contribution in [0.1, 0.15) is 41.0 Å². The summed E-state index contributed by atoms with van der Waals surface area (Å²) in [5.74, 6) is 0.507. The van der Waals surface area contributed by atoms with Crippen LogP contribution in [-0.4, -0.2) is 6.29 Å². The molecule has 0 heterocycles. The van der Waals surface area contributed by atoms with Crippen LogP contribution in [0.3, 0.4) is 0 Å². The molecule has 1 aliphatic carbocycles. The molecule has 1 unspecified atom stereocenters. The molecular formula is C13H20O. The van der Waals surface area contributed by atoms with Crippen molar-refractivity contribution in [3.8, 4) is 0 Å². The Bertz CT molecular complexity index is 305. The summed E-state index contributed by atoms with van der Waals surface area (Å²) < 4.78 is 0. The topological polar surface area (TPSA) is 17.1 Å². The van der Waals surface area contributed by atoms with E-state index in [1.165, 1.54) is 11.1 Å². The molecule has 1 heteroatoms. The summed E-state index contributed by atoms with van der Waals surface area (Å²) in [6.45, 7) is 10.7. The lowest BCUT2D eigenvalue weighted by molar-refractivity contribution is -0.104. The first kappa shape index (κ1) is 11.2. The van der Waals surface area contributed by atoms with Crippen molar-refractivity contribution in [2.45, 2.75) is 41.0 Å². The summed E-state index contributed by atoms with van der Waals surface area (Å²) in [4.78, 5) is 10.7. The molecule has 0 aliphatic heterocycles. The zero-order valence-electron chi connectivity index (χ0n) is 9.85. The van der Waals surface area contributed by atoms with Gasteiger partial charge in [-0.2, -0.15) is 0 Å². The van der Waals surface area contributed by atoms with E-state index in [1.807, 2.05) is 6.92 Å². The number of rotatable bonds is 2. The van der Waals surface area contributed by atoms with Gasteiger partial charge in [-0.05, 0) is 44.1 Å². The molecule has 78 valence electrons. The van der Waals surface area contributed by atoms with E-state index in [4.69, 9.17) is 0 Å². The van der Waals surface area contributed by atoms with Gasteiger partial charge in [0.05, 0.1) is 0 Å². The molecule has 14 heavy (non-hydrogen) atoms. The van der Waals surface area contributed by atoms with Crippen LogP contribution in [0.25, 0.3) is 0 Å². The number of hydrogen-bond donors (Lipinski definition) is 0. The van der Waals surface area contributed by atoms with Crippen molar-refractivity contribution in [2.24, 2.45) is 11.3 Å². The average molecular weight is 192 g/mol. The molecule has 0 N–H and O–H groups in total. The summed E-state index contributed by atoms with van der Waals surface area (Å²) in [6.07, 6.45) is 4.35. The number of carbonyl (C=O) groups is 1. The molecule has 0 radical (unpaired) electrons. The Balaban J connectivity index is 3.00. The van der Waals surface area contributed by atoms with Crippen molar-refractivity contribution in [2.75, 3.05) is 0 Å². The Morgan fingerprint density at radius 3 is 2.43 bits per heavy atom. The molecule has 0 spiro atoms. The molecule has 0 bridgehead atoms. The van der Waals surface area contributed by atoms with Crippen LogP contribution in [0, 0.1) is 11.3 Å². The van der Waals surface area contributed by atoms with Crippen molar-refractivity contribution < 1.29 is 4.79 Å². The molecule has 0 saturated carbocycles. The highest BCUT2D eigenvalue weighted by molar-refractivity contribution is 5.73. The molecule has 0 aromatic carbocycles. The molecule has 0 aromatic heterocycles. The number of aldehydes is 1. The monoisotopic (exact) mass is 192 g/mol. The van der Waals surface area contributed by atoms with Crippen molar-refractivity contribution in [1.29, 1.82) is 0 Å². The second-order valence-electron chi connectivity index (χ2n) is 4.88. The van der Waals surface area contributed by atoms with Gasteiger partial charge in [-0.3, -0.25) is 4.79 Å². The molecule has 1 rings (SSSR count). The van der Waals surface area contributed by atoms with Gasteiger partial charge in [-0.15, -0.1) is 0 Å². The fourth-order valence-electron chi connectivity index (χ4n) is 2.21. The van der Waals surface area contributed by atoms with Crippen molar-refractivity contribution >= 4 is 6.29 Å². The van der Waals surface area contributed by atoms with Crippen LogP contribution in [0.15, 0.2) is 22.8 Å². The first-order valence-electron chi connectivity index (χ1n) is 5.21. The van der Waals surface area contributed by atoms with Crippen LogP contribution in [0.5, 0.6) is 0 Å².